The minimum Gasteiger partial charge on any atom is -0.497 e. The lowest BCUT2D eigenvalue weighted by Gasteiger charge is -2.18. The molecule has 0 N–H and O–H groups in total. The molecule has 2 fully saturated rings. The SMILES string of the molecule is CC(OC=C1CCCC1)C1CCCS1. The van der Waals surface area contributed by atoms with Gasteiger partial charge >= 0.3 is 0 Å². The molecule has 0 spiro atoms. The maximum Gasteiger partial charge on any atom is 0.107 e. The molecule has 1 heterocycles. The summed E-state index contributed by atoms with van der Waals surface area (Å²) in [6.07, 6.45) is 10.4. The molecule has 0 aromatic carbocycles. The van der Waals surface area contributed by atoms with E-state index < -0.39 is 0 Å². The highest BCUT2D eigenvalue weighted by molar-refractivity contribution is 8.00. The monoisotopic (exact) mass is 212 g/mol. The van der Waals surface area contributed by atoms with Crippen LogP contribution in [0.15, 0.2) is 11.8 Å². The van der Waals surface area contributed by atoms with Crippen LogP contribution in [0.1, 0.15) is 45.4 Å². The number of allylic oxidation sites excluding steroid dienone is 1. The predicted octanol–water partition coefficient (Wildman–Crippen LogP) is 3.75. The van der Waals surface area contributed by atoms with Crippen molar-refractivity contribution in [2.45, 2.75) is 56.8 Å². The first-order valence-electron chi connectivity index (χ1n) is 5.81. The van der Waals surface area contributed by atoms with Crippen LogP contribution in [0.2, 0.25) is 0 Å². The summed E-state index contributed by atoms with van der Waals surface area (Å²) in [6.45, 7) is 2.22. The van der Waals surface area contributed by atoms with Crippen LogP contribution in [-0.4, -0.2) is 17.1 Å². The molecule has 0 bridgehead atoms. The van der Waals surface area contributed by atoms with E-state index in [9.17, 15) is 0 Å². The fourth-order valence-corrected chi connectivity index (χ4v) is 3.52. The van der Waals surface area contributed by atoms with Crippen LogP contribution >= 0.6 is 11.8 Å². The molecule has 1 saturated heterocycles. The highest BCUT2D eigenvalue weighted by Crippen LogP contribution is 2.31. The van der Waals surface area contributed by atoms with Gasteiger partial charge < -0.3 is 4.74 Å². The highest BCUT2D eigenvalue weighted by Gasteiger charge is 2.22. The van der Waals surface area contributed by atoms with Gasteiger partial charge in [-0.2, -0.15) is 11.8 Å². The fraction of sp³-hybridized carbons (Fsp3) is 0.833. The predicted molar refractivity (Wildman–Crippen MR) is 62.6 cm³/mol. The summed E-state index contributed by atoms with van der Waals surface area (Å²) in [5.41, 5.74) is 1.53. The first-order chi connectivity index (χ1) is 6.86. The second-order valence-electron chi connectivity index (χ2n) is 4.38. The Morgan fingerprint density at radius 1 is 1.36 bits per heavy atom. The van der Waals surface area contributed by atoms with Crippen LogP contribution in [0.5, 0.6) is 0 Å². The molecule has 2 rings (SSSR count). The zero-order chi connectivity index (χ0) is 9.80. The van der Waals surface area contributed by atoms with Gasteiger partial charge in [0.25, 0.3) is 0 Å². The molecule has 0 aromatic rings. The summed E-state index contributed by atoms with van der Waals surface area (Å²) in [6, 6.07) is 0. The van der Waals surface area contributed by atoms with Crippen molar-refractivity contribution in [3.8, 4) is 0 Å². The Morgan fingerprint density at radius 2 is 2.14 bits per heavy atom. The van der Waals surface area contributed by atoms with E-state index in [1.54, 1.807) is 0 Å². The molecule has 2 heteroatoms. The third-order valence-electron chi connectivity index (χ3n) is 3.18. The average Bonchev–Trinajstić information content (AvgIpc) is 2.87. The molecule has 14 heavy (non-hydrogen) atoms. The zero-order valence-corrected chi connectivity index (χ0v) is 9.81. The largest absolute Gasteiger partial charge is 0.497 e. The summed E-state index contributed by atoms with van der Waals surface area (Å²) < 4.78 is 5.83. The summed E-state index contributed by atoms with van der Waals surface area (Å²) in [4.78, 5) is 0. The molecule has 2 unspecified atom stereocenters. The number of hydrogen-bond donors (Lipinski definition) is 0. The maximum absolute atomic E-state index is 5.83. The minimum absolute atomic E-state index is 0.413. The van der Waals surface area contributed by atoms with E-state index in [4.69, 9.17) is 4.74 Å². The quantitative estimate of drug-likeness (QED) is 0.659. The Hall–Kier alpha value is -0.110. The van der Waals surface area contributed by atoms with E-state index >= 15 is 0 Å². The van der Waals surface area contributed by atoms with E-state index in [1.807, 2.05) is 0 Å². The standard InChI is InChI=1S/C12H20OS/c1-10(12-7-4-8-14-12)13-9-11-5-2-3-6-11/h9-10,12H,2-8H2,1H3. The molecule has 0 aromatic heterocycles. The normalized spacial score (nSPS) is 29.2. The Labute approximate surface area is 91.3 Å². The molecular weight excluding hydrogens is 192 g/mol. The molecule has 0 amide bonds. The minimum atomic E-state index is 0.413. The molecular formula is C12H20OS. The van der Waals surface area contributed by atoms with Crippen LogP contribution < -0.4 is 0 Å². The third-order valence-corrected chi connectivity index (χ3v) is 4.76. The topological polar surface area (TPSA) is 9.23 Å². The maximum atomic E-state index is 5.83. The molecule has 2 atom stereocenters. The molecule has 1 aliphatic carbocycles. The summed E-state index contributed by atoms with van der Waals surface area (Å²) in [7, 11) is 0. The Morgan fingerprint density at radius 3 is 2.79 bits per heavy atom. The molecule has 1 nitrogen and oxygen atoms in total. The summed E-state index contributed by atoms with van der Waals surface area (Å²) in [5, 5.41) is 0.744. The van der Waals surface area contributed by atoms with Crippen molar-refractivity contribution in [1.29, 1.82) is 0 Å². The smallest absolute Gasteiger partial charge is 0.107 e. The van der Waals surface area contributed by atoms with E-state index in [0.717, 1.165) is 5.25 Å². The van der Waals surface area contributed by atoms with Gasteiger partial charge in [0.1, 0.15) is 6.10 Å². The van der Waals surface area contributed by atoms with Gasteiger partial charge in [-0.3, -0.25) is 0 Å². The zero-order valence-electron chi connectivity index (χ0n) is 9.00. The van der Waals surface area contributed by atoms with Crippen molar-refractivity contribution in [1.82, 2.24) is 0 Å². The van der Waals surface area contributed by atoms with Crippen molar-refractivity contribution in [3.63, 3.8) is 0 Å². The Kier molecular flexibility index (Phi) is 3.80. The number of thioether (sulfide) groups is 1. The van der Waals surface area contributed by atoms with Crippen molar-refractivity contribution in [3.05, 3.63) is 11.8 Å². The molecule has 2 aliphatic rings. The van der Waals surface area contributed by atoms with E-state index in [-0.39, 0.29) is 0 Å². The van der Waals surface area contributed by atoms with Gasteiger partial charge in [0.2, 0.25) is 0 Å². The molecule has 0 radical (unpaired) electrons. The first-order valence-corrected chi connectivity index (χ1v) is 6.86. The summed E-state index contributed by atoms with van der Waals surface area (Å²) in [5.74, 6) is 1.33. The Bertz CT molecular complexity index is 198. The van der Waals surface area contributed by atoms with Gasteiger partial charge in [-0.1, -0.05) is 0 Å². The lowest BCUT2D eigenvalue weighted by Crippen LogP contribution is -2.18. The second kappa shape index (κ2) is 5.11. The number of hydrogen-bond acceptors (Lipinski definition) is 2. The summed E-state index contributed by atoms with van der Waals surface area (Å²) >= 11 is 2.08. The fourth-order valence-electron chi connectivity index (χ4n) is 2.21. The molecule has 1 saturated carbocycles. The van der Waals surface area contributed by atoms with Crippen molar-refractivity contribution in [2.24, 2.45) is 0 Å². The molecule has 1 aliphatic heterocycles. The lowest BCUT2D eigenvalue weighted by atomic mass is 10.2. The lowest BCUT2D eigenvalue weighted by molar-refractivity contribution is 0.155. The van der Waals surface area contributed by atoms with Crippen LogP contribution in [0.25, 0.3) is 0 Å². The van der Waals surface area contributed by atoms with Gasteiger partial charge in [-0.25, -0.2) is 0 Å². The van der Waals surface area contributed by atoms with Crippen LogP contribution in [0, 0.1) is 0 Å². The van der Waals surface area contributed by atoms with Gasteiger partial charge in [0, 0.05) is 5.25 Å². The van der Waals surface area contributed by atoms with Crippen LogP contribution in [0.4, 0.5) is 0 Å². The van der Waals surface area contributed by atoms with E-state index in [1.165, 1.54) is 49.9 Å². The van der Waals surface area contributed by atoms with Crippen molar-refractivity contribution >= 4 is 11.8 Å². The number of rotatable bonds is 3. The van der Waals surface area contributed by atoms with Crippen molar-refractivity contribution in [2.75, 3.05) is 5.75 Å². The highest BCUT2D eigenvalue weighted by atomic mass is 32.2. The van der Waals surface area contributed by atoms with Crippen LogP contribution in [-0.2, 0) is 4.74 Å². The van der Waals surface area contributed by atoms with E-state index in [2.05, 4.69) is 24.9 Å². The Balaban J connectivity index is 1.75. The molecule has 80 valence electrons. The van der Waals surface area contributed by atoms with Gasteiger partial charge in [-0.15, -0.1) is 0 Å². The number of ether oxygens (including phenoxy) is 1. The third kappa shape index (κ3) is 2.69. The van der Waals surface area contributed by atoms with Gasteiger partial charge in [-0.05, 0) is 56.8 Å². The average molecular weight is 212 g/mol. The van der Waals surface area contributed by atoms with Crippen LogP contribution in [0.3, 0.4) is 0 Å². The van der Waals surface area contributed by atoms with Gasteiger partial charge in [0.05, 0.1) is 6.26 Å². The van der Waals surface area contributed by atoms with Gasteiger partial charge in [0.15, 0.2) is 0 Å². The first kappa shape index (κ1) is 10.4. The second-order valence-corrected chi connectivity index (χ2v) is 5.72. The van der Waals surface area contributed by atoms with Crippen molar-refractivity contribution < 1.29 is 4.74 Å². The van der Waals surface area contributed by atoms with E-state index in [0.29, 0.717) is 6.10 Å².